The SMILES string of the molecule is CC(NC(=O)CSc1ncnc2ccsc12)C12CC3CC(CC(C3)C1)C2. The van der Waals surface area contributed by atoms with Crippen LogP contribution in [-0.4, -0.2) is 27.7 Å². The fourth-order valence-corrected chi connectivity index (χ4v) is 7.90. The average Bonchev–Trinajstić information content (AvgIpc) is 3.08. The Kier molecular flexibility index (Phi) is 4.24. The lowest BCUT2D eigenvalue weighted by Crippen LogP contribution is -2.56. The first-order valence-corrected chi connectivity index (χ1v) is 11.6. The number of thiophene rings is 1. The Labute approximate surface area is 162 Å². The van der Waals surface area contributed by atoms with E-state index in [2.05, 4.69) is 22.2 Å². The minimum atomic E-state index is 0.140. The average molecular weight is 388 g/mol. The second kappa shape index (κ2) is 6.48. The molecule has 4 nitrogen and oxygen atoms in total. The lowest BCUT2D eigenvalue weighted by atomic mass is 9.48. The fourth-order valence-electron chi connectivity index (χ4n) is 6.15. The highest BCUT2D eigenvalue weighted by Gasteiger charge is 2.53. The molecule has 0 radical (unpaired) electrons. The molecule has 0 spiro atoms. The van der Waals surface area contributed by atoms with E-state index in [0.717, 1.165) is 33.0 Å². The fraction of sp³-hybridized carbons (Fsp3) is 0.650. The van der Waals surface area contributed by atoms with Crippen molar-refractivity contribution in [2.24, 2.45) is 23.2 Å². The quantitative estimate of drug-likeness (QED) is 0.606. The van der Waals surface area contributed by atoms with Gasteiger partial charge in [-0.25, -0.2) is 9.97 Å². The van der Waals surface area contributed by atoms with Crippen LogP contribution in [0.5, 0.6) is 0 Å². The second-order valence-electron chi connectivity index (χ2n) is 8.67. The highest BCUT2D eigenvalue weighted by Crippen LogP contribution is 2.61. The maximum atomic E-state index is 12.6. The number of hydrogen-bond acceptors (Lipinski definition) is 5. The molecule has 1 unspecified atom stereocenters. The van der Waals surface area contributed by atoms with E-state index in [0.29, 0.717) is 11.2 Å². The van der Waals surface area contributed by atoms with Crippen molar-refractivity contribution in [1.29, 1.82) is 0 Å². The molecular weight excluding hydrogens is 362 g/mol. The van der Waals surface area contributed by atoms with Crippen molar-refractivity contribution in [3.05, 3.63) is 17.8 Å². The summed E-state index contributed by atoms with van der Waals surface area (Å²) in [6.07, 6.45) is 9.91. The molecule has 1 amide bonds. The molecule has 4 aliphatic carbocycles. The maximum absolute atomic E-state index is 12.6. The van der Waals surface area contributed by atoms with Crippen molar-refractivity contribution >= 4 is 39.2 Å². The molecule has 138 valence electrons. The summed E-state index contributed by atoms with van der Waals surface area (Å²) in [7, 11) is 0. The molecule has 4 fully saturated rings. The minimum absolute atomic E-state index is 0.140. The molecule has 4 saturated carbocycles. The van der Waals surface area contributed by atoms with Gasteiger partial charge in [-0.15, -0.1) is 11.3 Å². The molecule has 2 aromatic heterocycles. The predicted octanol–water partition coefficient (Wildman–Crippen LogP) is 4.50. The summed E-state index contributed by atoms with van der Waals surface area (Å²) in [6, 6.07) is 2.29. The number of thioether (sulfide) groups is 1. The standard InChI is InChI=1S/C20H25N3OS2/c1-12(20-7-13-4-14(8-20)6-15(5-13)9-20)23-17(24)10-26-19-18-16(2-3-25-18)21-11-22-19/h2-3,11-15H,4-10H2,1H3,(H,23,24). The molecule has 4 aliphatic rings. The molecule has 0 saturated heterocycles. The highest BCUT2D eigenvalue weighted by atomic mass is 32.2. The Hall–Kier alpha value is -1.14. The molecule has 4 bridgehead atoms. The van der Waals surface area contributed by atoms with Crippen LogP contribution in [0.15, 0.2) is 22.8 Å². The first-order valence-electron chi connectivity index (χ1n) is 9.72. The first-order chi connectivity index (χ1) is 12.6. The van der Waals surface area contributed by atoms with Gasteiger partial charge in [-0.1, -0.05) is 11.8 Å². The molecule has 26 heavy (non-hydrogen) atoms. The number of nitrogens with zero attached hydrogens (tertiary/aromatic N) is 2. The van der Waals surface area contributed by atoms with Gasteiger partial charge in [-0.3, -0.25) is 4.79 Å². The van der Waals surface area contributed by atoms with Crippen LogP contribution in [0.25, 0.3) is 10.2 Å². The molecular formula is C20H25N3OS2. The van der Waals surface area contributed by atoms with Crippen LogP contribution in [0.2, 0.25) is 0 Å². The number of carbonyl (C=O) groups excluding carboxylic acids is 1. The molecule has 6 heteroatoms. The normalized spacial score (nSPS) is 33.5. The molecule has 0 aliphatic heterocycles. The van der Waals surface area contributed by atoms with Crippen molar-refractivity contribution in [3.63, 3.8) is 0 Å². The van der Waals surface area contributed by atoms with Gasteiger partial charge in [0.2, 0.25) is 5.91 Å². The van der Waals surface area contributed by atoms with Gasteiger partial charge >= 0.3 is 0 Å². The largest absolute Gasteiger partial charge is 0.352 e. The molecule has 1 N–H and O–H groups in total. The minimum Gasteiger partial charge on any atom is -0.352 e. The molecule has 2 aromatic rings. The number of amides is 1. The van der Waals surface area contributed by atoms with Gasteiger partial charge < -0.3 is 5.32 Å². The number of rotatable bonds is 5. The third-order valence-electron chi connectivity index (χ3n) is 6.93. The van der Waals surface area contributed by atoms with Crippen LogP contribution in [0, 0.1) is 23.2 Å². The molecule has 0 aromatic carbocycles. The van der Waals surface area contributed by atoms with Gasteiger partial charge in [0.15, 0.2) is 0 Å². The Bertz CT molecular complexity index is 798. The van der Waals surface area contributed by atoms with Gasteiger partial charge in [0.05, 0.1) is 16.0 Å². The van der Waals surface area contributed by atoms with E-state index in [1.165, 1.54) is 50.3 Å². The van der Waals surface area contributed by atoms with Gasteiger partial charge in [-0.05, 0) is 80.1 Å². The second-order valence-corrected chi connectivity index (χ2v) is 10.6. The van der Waals surface area contributed by atoms with E-state index in [4.69, 9.17) is 0 Å². The first kappa shape index (κ1) is 17.0. The number of aromatic nitrogens is 2. The third-order valence-corrected chi connectivity index (χ3v) is 8.96. The zero-order chi connectivity index (χ0) is 17.7. The molecule has 1 atom stereocenters. The lowest BCUT2D eigenvalue weighted by Gasteiger charge is -2.59. The van der Waals surface area contributed by atoms with Crippen molar-refractivity contribution < 1.29 is 4.79 Å². The summed E-state index contributed by atoms with van der Waals surface area (Å²) in [5.41, 5.74) is 1.33. The van der Waals surface area contributed by atoms with Crippen LogP contribution >= 0.6 is 23.1 Å². The van der Waals surface area contributed by atoms with Gasteiger partial charge in [0.25, 0.3) is 0 Å². The smallest absolute Gasteiger partial charge is 0.230 e. The highest BCUT2D eigenvalue weighted by molar-refractivity contribution is 8.00. The zero-order valence-corrected chi connectivity index (χ0v) is 16.7. The van der Waals surface area contributed by atoms with Gasteiger partial charge in [-0.2, -0.15) is 0 Å². The van der Waals surface area contributed by atoms with Crippen LogP contribution in [0.4, 0.5) is 0 Å². The van der Waals surface area contributed by atoms with E-state index in [1.54, 1.807) is 17.7 Å². The van der Waals surface area contributed by atoms with Crippen LogP contribution in [0.1, 0.15) is 45.4 Å². The summed E-state index contributed by atoms with van der Waals surface area (Å²) in [4.78, 5) is 21.3. The third kappa shape index (κ3) is 2.95. The Morgan fingerprint density at radius 1 is 1.27 bits per heavy atom. The van der Waals surface area contributed by atoms with Crippen molar-refractivity contribution in [1.82, 2.24) is 15.3 Å². The molecule has 2 heterocycles. The Morgan fingerprint density at radius 2 is 1.96 bits per heavy atom. The van der Waals surface area contributed by atoms with E-state index in [1.807, 2.05) is 11.4 Å². The van der Waals surface area contributed by atoms with E-state index in [-0.39, 0.29) is 11.9 Å². The van der Waals surface area contributed by atoms with Crippen molar-refractivity contribution in [3.8, 4) is 0 Å². The van der Waals surface area contributed by atoms with Crippen LogP contribution in [-0.2, 0) is 4.79 Å². The van der Waals surface area contributed by atoms with Gasteiger partial charge in [0, 0.05) is 6.04 Å². The van der Waals surface area contributed by atoms with E-state index < -0.39 is 0 Å². The number of fused-ring (bicyclic) bond motifs is 1. The zero-order valence-electron chi connectivity index (χ0n) is 15.1. The maximum Gasteiger partial charge on any atom is 0.230 e. The summed E-state index contributed by atoms with van der Waals surface area (Å²) >= 11 is 3.17. The topological polar surface area (TPSA) is 54.9 Å². The number of hydrogen-bond donors (Lipinski definition) is 1. The van der Waals surface area contributed by atoms with Crippen LogP contribution < -0.4 is 5.32 Å². The van der Waals surface area contributed by atoms with E-state index >= 15 is 0 Å². The molecule has 6 rings (SSSR count). The van der Waals surface area contributed by atoms with Crippen LogP contribution in [0.3, 0.4) is 0 Å². The Morgan fingerprint density at radius 3 is 2.65 bits per heavy atom. The van der Waals surface area contributed by atoms with E-state index in [9.17, 15) is 4.79 Å². The van der Waals surface area contributed by atoms with Gasteiger partial charge in [0.1, 0.15) is 11.4 Å². The lowest BCUT2D eigenvalue weighted by molar-refractivity contribution is -0.123. The van der Waals surface area contributed by atoms with Crippen molar-refractivity contribution in [2.75, 3.05) is 5.75 Å². The summed E-state index contributed by atoms with van der Waals surface area (Å²) in [6.45, 7) is 2.25. The number of carbonyl (C=O) groups is 1. The summed E-state index contributed by atoms with van der Waals surface area (Å²) in [5, 5.41) is 6.29. The summed E-state index contributed by atoms with van der Waals surface area (Å²) < 4.78 is 1.08. The number of nitrogens with one attached hydrogen (secondary N) is 1. The monoisotopic (exact) mass is 387 g/mol. The van der Waals surface area contributed by atoms with Crippen molar-refractivity contribution in [2.45, 2.75) is 56.5 Å². The Balaban J connectivity index is 1.22. The summed E-state index contributed by atoms with van der Waals surface area (Å²) in [5.74, 6) is 3.33. The predicted molar refractivity (Wildman–Crippen MR) is 106 cm³/mol.